The van der Waals surface area contributed by atoms with Crippen LogP contribution in [0.5, 0.6) is 0 Å². The molecule has 0 unspecified atom stereocenters. The van der Waals surface area contributed by atoms with Crippen LogP contribution >= 0.6 is 0 Å². The highest BCUT2D eigenvalue weighted by Crippen LogP contribution is 2.61. The molecule has 9 aromatic carbocycles. The number of hydrogen-bond acceptors (Lipinski definition) is 4. The van der Waals surface area contributed by atoms with Crippen LogP contribution in [0.2, 0.25) is 0 Å². The first-order valence-electron chi connectivity index (χ1n) is 21.1. The second kappa shape index (κ2) is 13.4. The Hall–Kier alpha value is -8.21. The van der Waals surface area contributed by atoms with E-state index < -0.39 is 5.41 Å². The number of fused-ring (bicyclic) bond motifs is 15. The maximum Gasteiger partial charge on any atom is 0.164 e. The van der Waals surface area contributed by atoms with Gasteiger partial charge in [0, 0.05) is 27.5 Å². The first-order chi connectivity index (χ1) is 30.7. The van der Waals surface area contributed by atoms with Crippen molar-refractivity contribution in [2.75, 3.05) is 0 Å². The lowest BCUT2D eigenvalue weighted by Gasteiger charge is -2.35. The molecule has 0 bridgehead atoms. The molecule has 62 heavy (non-hydrogen) atoms. The Bertz CT molecular complexity index is 3540. The lowest BCUT2D eigenvalue weighted by atomic mass is 9.66. The van der Waals surface area contributed by atoms with Gasteiger partial charge in [0.1, 0.15) is 11.2 Å². The minimum Gasteiger partial charge on any atom is -0.456 e. The average Bonchev–Trinajstić information content (AvgIpc) is 3.84. The van der Waals surface area contributed by atoms with Gasteiger partial charge in [-0.05, 0) is 103 Å². The third kappa shape index (κ3) is 5.04. The van der Waals surface area contributed by atoms with E-state index in [2.05, 4.69) is 182 Å². The van der Waals surface area contributed by atoms with E-state index in [-0.39, 0.29) is 0 Å². The number of furan rings is 1. The Kier molecular flexibility index (Phi) is 7.49. The zero-order valence-corrected chi connectivity index (χ0v) is 33.5. The fourth-order valence-corrected chi connectivity index (χ4v) is 10.3. The molecule has 288 valence electrons. The second-order valence-electron chi connectivity index (χ2n) is 16.3. The summed E-state index contributed by atoms with van der Waals surface area (Å²) >= 11 is 0. The van der Waals surface area contributed by atoms with E-state index in [1.807, 2.05) is 30.3 Å². The third-order valence-corrected chi connectivity index (χ3v) is 13.0. The Morgan fingerprint density at radius 3 is 1.39 bits per heavy atom. The van der Waals surface area contributed by atoms with E-state index in [9.17, 15) is 0 Å². The predicted octanol–water partition coefficient (Wildman–Crippen LogP) is 14.4. The van der Waals surface area contributed by atoms with Crippen LogP contribution in [0, 0.1) is 0 Å². The van der Waals surface area contributed by atoms with Crippen LogP contribution in [-0.4, -0.2) is 15.0 Å². The van der Waals surface area contributed by atoms with Crippen molar-refractivity contribution in [3.63, 3.8) is 0 Å². The predicted molar refractivity (Wildman–Crippen MR) is 251 cm³/mol. The molecule has 4 nitrogen and oxygen atoms in total. The zero-order chi connectivity index (χ0) is 40.8. The largest absolute Gasteiger partial charge is 0.456 e. The number of nitrogens with zero attached hydrogens (tertiary/aromatic N) is 3. The molecule has 0 saturated carbocycles. The Labute approximate surface area is 358 Å². The van der Waals surface area contributed by atoms with Crippen molar-refractivity contribution in [3.8, 4) is 78.7 Å². The van der Waals surface area contributed by atoms with Crippen LogP contribution < -0.4 is 0 Å². The highest BCUT2D eigenvalue weighted by atomic mass is 16.3. The zero-order valence-electron chi connectivity index (χ0n) is 33.5. The molecule has 0 radical (unpaired) electrons. The molecule has 2 aliphatic carbocycles. The van der Waals surface area contributed by atoms with Crippen LogP contribution in [0.4, 0.5) is 0 Å². The number of benzene rings is 9. The lowest BCUT2D eigenvalue weighted by molar-refractivity contribution is 0.669. The van der Waals surface area contributed by atoms with Crippen LogP contribution in [0.25, 0.3) is 101 Å². The van der Waals surface area contributed by atoms with Gasteiger partial charge < -0.3 is 4.42 Å². The monoisotopic (exact) mass is 789 g/mol. The van der Waals surface area contributed by atoms with Crippen LogP contribution in [0.1, 0.15) is 22.3 Å². The van der Waals surface area contributed by atoms with Crippen molar-refractivity contribution < 1.29 is 4.42 Å². The Balaban J connectivity index is 1.07. The molecule has 11 aromatic rings. The van der Waals surface area contributed by atoms with E-state index in [4.69, 9.17) is 19.4 Å². The fraction of sp³-hybridized carbons (Fsp3) is 0.0172. The summed E-state index contributed by atoms with van der Waals surface area (Å²) in [5.41, 5.74) is 18.4. The summed E-state index contributed by atoms with van der Waals surface area (Å²) < 4.78 is 6.23. The van der Waals surface area contributed by atoms with Gasteiger partial charge in [0.15, 0.2) is 17.5 Å². The molecule has 2 heterocycles. The van der Waals surface area contributed by atoms with Gasteiger partial charge >= 0.3 is 0 Å². The molecule has 4 heteroatoms. The average molecular weight is 790 g/mol. The van der Waals surface area contributed by atoms with Crippen LogP contribution in [-0.2, 0) is 5.41 Å². The standard InChI is InChI=1S/C58H35N3O/c1-2-15-36(16-3-1)37-17-14-18-38(33-37)55-59-56(39-30-32-54-48(34-39)47-24-9-13-28-53(47)62-54)61-57(60-55)40-29-31-46-45-23-8-12-27-51(45)58(52(46)35-40)49-25-10-6-21-43(49)41-19-4-5-20-42(41)44-22-7-11-26-50(44)58/h1-35H. The summed E-state index contributed by atoms with van der Waals surface area (Å²) in [6, 6.07) is 75.9. The van der Waals surface area contributed by atoms with Gasteiger partial charge in [-0.25, -0.2) is 15.0 Å². The molecule has 2 aromatic heterocycles. The van der Waals surface area contributed by atoms with E-state index in [1.165, 1.54) is 55.6 Å². The third-order valence-electron chi connectivity index (χ3n) is 13.0. The first kappa shape index (κ1) is 34.6. The van der Waals surface area contributed by atoms with Crippen molar-refractivity contribution in [1.82, 2.24) is 15.0 Å². The molecule has 2 aliphatic rings. The summed E-state index contributed by atoms with van der Waals surface area (Å²) in [7, 11) is 0. The minimum absolute atomic E-state index is 0.599. The molecular formula is C58H35N3O. The van der Waals surface area contributed by atoms with E-state index >= 15 is 0 Å². The number of hydrogen-bond donors (Lipinski definition) is 0. The van der Waals surface area contributed by atoms with Crippen molar-refractivity contribution in [2.45, 2.75) is 5.41 Å². The van der Waals surface area contributed by atoms with Gasteiger partial charge in [0.2, 0.25) is 0 Å². The number of aromatic nitrogens is 3. The molecule has 0 fully saturated rings. The first-order valence-corrected chi connectivity index (χ1v) is 21.1. The quantitative estimate of drug-likeness (QED) is 0.178. The van der Waals surface area contributed by atoms with Crippen LogP contribution in [0.15, 0.2) is 217 Å². The molecule has 0 aliphatic heterocycles. The maximum absolute atomic E-state index is 6.23. The van der Waals surface area contributed by atoms with Crippen molar-refractivity contribution in [1.29, 1.82) is 0 Å². The Morgan fingerprint density at radius 1 is 0.274 bits per heavy atom. The summed E-state index contributed by atoms with van der Waals surface area (Å²) in [5, 5.41) is 2.08. The molecule has 13 rings (SSSR count). The smallest absolute Gasteiger partial charge is 0.164 e. The maximum atomic E-state index is 6.23. The Morgan fingerprint density at radius 2 is 0.726 bits per heavy atom. The summed E-state index contributed by atoms with van der Waals surface area (Å²) in [6.45, 7) is 0. The number of para-hydroxylation sites is 1. The van der Waals surface area contributed by atoms with E-state index in [0.29, 0.717) is 17.5 Å². The van der Waals surface area contributed by atoms with Gasteiger partial charge in [0.05, 0.1) is 5.41 Å². The van der Waals surface area contributed by atoms with Gasteiger partial charge in [-0.1, -0.05) is 176 Å². The summed E-state index contributed by atoms with van der Waals surface area (Å²) in [6.07, 6.45) is 0. The van der Waals surface area contributed by atoms with Gasteiger partial charge in [-0.2, -0.15) is 0 Å². The minimum atomic E-state index is -0.621. The van der Waals surface area contributed by atoms with Gasteiger partial charge in [-0.15, -0.1) is 0 Å². The topological polar surface area (TPSA) is 51.8 Å². The van der Waals surface area contributed by atoms with Gasteiger partial charge in [-0.3, -0.25) is 0 Å². The summed E-state index contributed by atoms with van der Waals surface area (Å²) in [5.74, 6) is 1.82. The summed E-state index contributed by atoms with van der Waals surface area (Å²) in [4.78, 5) is 15.9. The second-order valence-corrected chi connectivity index (χ2v) is 16.3. The SMILES string of the molecule is c1ccc(-c2cccc(-c3nc(-c4ccc5c(c4)C4(c6ccccc6-c6ccccc6-c6ccccc64)c4ccccc4-5)nc(-c4ccc5oc6ccccc6c5c4)n3)c2)cc1. The lowest BCUT2D eigenvalue weighted by Crippen LogP contribution is -2.29. The van der Waals surface area contributed by atoms with Gasteiger partial charge in [0.25, 0.3) is 0 Å². The highest BCUT2D eigenvalue weighted by Gasteiger charge is 2.49. The van der Waals surface area contributed by atoms with Crippen molar-refractivity contribution >= 4 is 21.9 Å². The van der Waals surface area contributed by atoms with Crippen LogP contribution in [0.3, 0.4) is 0 Å². The molecule has 0 amide bonds. The molecule has 0 atom stereocenters. The molecule has 1 spiro atoms. The fourth-order valence-electron chi connectivity index (χ4n) is 10.3. The highest BCUT2D eigenvalue weighted by molar-refractivity contribution is 6.06. The number of rotatable bonds is 4. The molecule has 0 saturated heterocycles. The van der Waals surface area contributed by atoms with Crippen molar-refractivity contribution in [3.05, 3.63) is 235 Å². The van der Waals surface area contributed by atoms with E-state index in [1.54, 1.807) is 0 Å². The molecule has 0 N–H and O–H groups in total. The normalized spacial score (nSPS) is 13.0. The van der Waals surface area contributed by atoms with E-state index in [0.717, 1.165) is 49.8 Å². The van der Waals surface area contributed by atoms with Crippen molar-refractivity contribution in [2.24, 2.45) is 0 Å². The molecular weight excluding hydrogens is 755 g/mol.